The maximum atomic E-state index is 11.3. The van der Waals surface area contributed by atoms with E-state index in [9.17, 15) is 4.79 Å². The highest BCUT2D eigenvalue weighted by Crippen LogP contribution is 2.21. The van der Waals surface area contributed by atoms with Gasteiger partial charge in [-0.15, -0.1) is 0 Å². The minimum Gasteiger partial charge on any atom is -0.378 e. The predicted molar refractivity (Wildman–Crippen MR) is 87.3 cm³/mol. The Labute approximate surface area is 131 Å². The van der Waals surface area contributed by atoms with Crippen molar-refractivity contribution < 1.29 is 4.74 Å². The van der Waals surface area contributed by atoms with E-state index >= 15 is 0 Å². The molecule has 1 aromatic carbocycles. The third-order valence-corrected chi connectivity index (χ3v) is 3.78. The van der Waals surface area contributed by atoms with Gasteiger partial charge in [0.05, 0.1) is 24.2 Å². The van der Waals surface area contributed by atoms with Crippen LogP contribution in [0.2, 0.25) is 0 Å². The average molecular weight is 312 g/mol. The Kier molecular flexibility index (Phi) is 3.43. The zero-order chi connectivity index (χ0) is 15.6. The largest absolute Gasteiger partial charge is 0.378 e. The van der Waals surface area contributed by atoms with Crippen LogP contribution in [0.1, 0.15) is 0 Å². The van der Waals surface area contributed by atoms with Gasteiger partial charge in [0.1, 0.15) is 18.0 Å². The van der Waals surface area contributed by atoms with Crippen LogP contribution in [0.5, 0.6) is 0 Å². The van der Waals surface area contributed by atoms with Crippen molar-refractivity contribution in [2.24, 2.45) is 0 Å². The molecule has 4 rings (SSSR count). The lowest BCUT2D eigenvalue weighted by molar-refractivity contribution is 0.122. The SMILES string of the molecule is O=c1[nH]c2ccc(Nc3cc(N4CCOCC4)ncn3)cc2[nH]1. The first kappa shape index (κ1) is 13.8. The van der Waals surface area contributed by atoms with Gasteiger partial charge in [-0.25, -0.2) is 14.8 Å². The third kappa shape index (κ3) is 2.88. The molecule has 1 aliphatic heterocycles. The van der Waals surface area contributed by atoms with Crippen molar-refractivity contribution >= 4 is 28.4 Å². The van der Waals surface area contributed by atoms with E-state index in [1.807, 2.05) is 24.3 Å². The van der Waals surface area contributed by atoms with Crippen LogP contribution in [0.15, 0.2) is 35.4 Å². The molecule has 8 heteroatoms. The topological polar surface area (TPSA) is 98.9 Å². The van der Waals surface area contributed by atoms with Gasteiger partial charge in [0.2, 0.25) is 0 Å². The minimum atomic E-state index is -0.214. The van der Waals surface area contributed by atoms with Gasteiger partial charge in [0.15, 0.2) is 0 Å². The first-order valence-electron chi connectivity index (χ1n) is 7.42. The second-order valence-corrected chi connectivity index (χ2v) is 5.33. The van der Waals surface area contributed by atoms with Gasteiger partial charge in [-0.1, -0.05) is 0 Å². The summed E-state index contributed by atoms with van der Waals surface area (Å²) in [6.07, 6.45) is 1.55. The Morgan fingerprint density at radius 3 is 2.78 bits per heavy atom. The zero-order valence-corrected chi connectivity index (χ0v) is 12.4. The number of fused-ring (bicyclic) bond motifs is 1. The lowest BCUT2D eigenvalue weighted by Gasteiger charge is -2.27. The number of aromatic nitrogens is 4. The van der Waals surface area contributed by atoms with Crippen molar-refractivity contribution in [1.29, 1.82) is 0 Å². The first-order valence-corrected chi connectivity index (χ1v) is 7.42. The third-order valence-electron chi connectivity index (χ3n) is 3.78. The molecule has 8 nitrogen and oxygen atoms in total. The van der Waals surface area contributed by atoms with E-state index in [0.717, 1.165) is 35.6 Å². The van der Waals surface area contributed by atoms with E-state index in [0.29, 0.717) is 19.0 Å². The number of hydrogen-bond acceptors (Lipinski definition) is 6. The van der Waals surface area contributed by atoms with E-state index < -0.39 is 0 Å². The Morgan fingerprint density at radius 1 is 1.09 bits per heavy atom. The van der Waals surface area contributed by atoms with Crippen LogP contribution in [-0.2, 0) is 4.74 Å². The molecule has 3 heterocycles. The van der Waals surface area contributed by atoms with Crippen LogP contribution in [-0.4, -0.2) is 46.2 Å². The van der Waals surface area contributed by atoms with Crippen LogP contribution < -0.4 is 15.9 Å². The molecule has 2 aromatic heterocycles. The summed E-state index contributed by atoms with van der Waals surface area (Å²) in [5, 5.41) is 3.24. The number of H-pyrrole nitrogens is 2. The van der Waals surface area contributed by atoms with Crippen LogP contribution >= 0.6 is 0 Å². The Balaban J connectivity index is 1.58. The van der Waals surface area contributed by atoms with Crippen molar-refractivity contribution in [1.82, 2.24) is 19.9 Å². The number of nitrogens with one attached hydrogen (secondary N) is 3. The monoisotopic (exact) mass is 312 g/mol. The molecule has 0 bridgehead atoms. The van der Waals surface area contributed by atoms with Crippen molar-refractivity contribution in [2.45, 2.75) is 0 Å². The highest BCUT2D eigenvalue weighted by molar-refractivity contribution is 5.79. The number of hydrogen-bond donors (Lipinski definition) is 3. The molecule has 3 aromatic rings. The molecular formula is C15H16N6O2. The molecule has 0 amide bonds. The molecular weight excluding hydrogens is 296 g/mol. The number of nitrogens with zero attached hydrogens (tertiary/aromatic N) is 3. The molecule has 3 N–H and O–H groups in total. The lowest BCUT2D eigenvalue weighted by atomic mass is 10.2. The molecule has 23 heavy (non-hydrogen) atoms. The molecule has 118 valence electrons. The number of benzene rings is 1. The number of imidazole rings is 1. The molecule has 0 aliphatic carbocycles. The average Bonchev–Trinajstić information content (AvgIpc) is 2.95. The summed E-state index contributed by atoms with van der Waals surface area (Å²) in [5.74, 6) is 1.58. The van der Waals surface area contributed by atoms with Gasteiger partial charge in [-0.05, 0) is 18.2 Å². The fourth-order valence-corrected chi connectivity index (χ4v) is 2.64. The Morgan fingerprint density at radius 2 is 1.91 bits per heavy atom. The smallest absolute Gasteiger partial charge is 0.323 e. The summed E-state index contributed by atoms with van der Waals surface area (Å²) in [6.45, 7) is 3.08. The number of morpholine rings is 1. The van der Waals surface area contributed by atoms with Crippen LogP contribution in [0.4, 0.5) is 17.3 Å². The van der Waals surface area contributed by atoms with Crippen molar-refractivity contribution in [3.63, 3.8) is 0 Å². The molecule has 0 spiro atoms. The maximum Gasteiger partial charge on any atom is 0.323 e. The summed E-state index contributed by atoms with van der Waals surface area (Å²) < 4.78 is 5.36. The molecule has 0 saturated carbocycles. The minimum absolute atomic E-state index is 0.214. The van der Waals surface area contributed by atoms with E-state index in [1.165, 1.54) is 0 Å². The Hall–Kier alpha value is -2.87. The molecule has 0 atom stereocenters. The maximum absolute atomic E-state index is 11.3. The van der Waals surface area contributed by atoms with E-state index in [2.05, 4.69) is 30.2 Å². The highest BCUT2D eigenvalue weighted by atomic mass is 16.5. The summed E-state index contributed by atoms with van der Waals surface area (Å²) in [6, 6.07) is 7.52. The molecule has 0 radical (unpaired) electrons. The van der Waals surface area contributed by atoms with Crippen LogP contribution in [0.3, 0.4) is 0 Å². The highest BCUT2D eigenvalue weighted by Gasteiger charge is 2.13. The molecule has 1 saturated heterocycles. The van der Waals surface area contributed by atoms with Gasteiger partial charge in [0.25, 0.3) is 0 Å². The number of aromatic amines is 2. The molecule has 0 unspecified atom stereocenters. The van der Waals surface area contributed by atoms with E-state index in [-0.39, 0.29) is 5.69 Å². The second-order valence-electron chi connectivity index (χ2n) is 5.33. The van der Waals surface area contributed by atoms with Gasteiger partial charge in [-0.2, -0.15) is 0 Å². The second kappa shape index (κ2) is 5.73. The standard InChI is InChI=1S/C15H16N6O2/c22-15-19-11-2-1-10(7-12(11)20-15)18-13-8-14(17-9-16-13)21-3-5-23-6-4-21/h1-2,7-9H,3-6H2,(H,16,17,18)(H2,19,20,22). The fraction of sp³-hybridized carbons (Fsp3) is 0.267. The Bertz CT molecular complexity index is 881. The van der Waals surface area contributed by atoms with Gasteiger partial charge >= 0.3 is 5.69 Å². The number of anilines is 3. The lowest BCUT2D eigenvalue weighted by Crippen LogP contribution is -2.36. The summed E-state index contributed by atoms with van der Waals surface area (Å²) in [7, 11) is 0. The van der Waals surface area contributed by atoms with Gasteiger partial charge in [0, 0.05) is 24.8 Å². The summed E-state index contributed by atoms with van der Waals surface area (Å²) in [4.78, 5) is 27.5. The van der Waals surface area contributed by atoms with Gasteiger partial charge in [-0.3, -0.25) is 0 Å². The van der Waals surface area contributed by atoms with Crippen molar-refractivity contribution in [3.8, 4) is 0 Å². The van der Waals surface area contributed by atoms with E-state index in [1.54, 1.807) is 6.33 Å². The number of rotatable bonds is 3. The summed E-state index contributed by atoms with van der Waals surface area (Å²) >= 11 is 0. The van der Waals surface area contributed by atoms with Crippen LogP contribution in [0, 0.1) is 0 Å². The fourth-order valence-electron chi connectivity index (χ4n) is 2.64. The normalized spacial score (nSPS) is 15.0. The predicted octanol–water partition coefficient (Wildman–Crippen LogP) is 1.23. The van der Waals surface area contributed by atoms with Crippen molar-refractivity contribution in [2.75, 3.05) is 36.5 Å². The summed E-state index contributed by atoms with van der Waals surface area (Å²) in [5.41, 5.74) is 2.16. The quantitative estimate of drug-likeness (QED) is 0.673. The van der Waals surface area contributed by atoms with Gasteiger partial charge < -0.3 is 24.9 Å². The van der Waals surface area contributed by atoms with Crippen LogP contribution in [0.25, 0.3) is 11.0 Å². The number of ether oxygens (including phenoxy) is 1. The van der Waals surface area contributed by atoms with Crippen molar-refractivity contribution in [3.05, 3.63) is 41.1 Å². The first-order chi connectivity index (χ1) is 11.3. The zero-order valence-electron chi connectivity index (χ0n) is 12.4. The van der Waals surface area contributed by atoms with E-state index in [4.69, 9.17) is 4.74 Å². The molecule has 1 fully saturated rings. The molecule has 1 aliphatic rings.